The van der Waals surface area contributed by atoms with E-state index in [1.807, 2.05) is 0 Å². The average Bonchev–Trinajstić information content (AvgIpc) is 3.05. The first kappa shape index (κ1) is 23.6. The fraction of sp³-hybridized carbons (Fsp3) is 0.966. The SMILES string of the molecule is CC(=O)N[C@@H]1CC[C@@]2(C)[C@@H](CC[C@@H]3[C@@H]2CC[C@]2(C)[C@@H]([C@H](C)CCCC(C)C)CC[C@@H]32)C1. The number of nitrogens with one attached hydrogen (secondary N) is 1. The molecule has 0 bridgehead atoms. The minimum atomic E-state index is 0.162. The maximum Gasteiger partial charge on any atom is 0.217 e. The van der Waals surface area contributed by atoms with Crippen molar-refractivity contribution in [2.75, 3.05) is 0 Å². The van der Waals surface area contributed by atoms with Crippen LogP contribution in [0.15, 0.2) is 0 Å². The monoisotopic (exact) mass is 429 g/mol. The Balaban J connectivity index is 1.43. The van der Waals surface area contributed by atoms with E-state index in [0.717, 1.165) is 41.4 Å². The van der Waals surface area contributed by atoms with Gasteiger partial charge in [0, 0.05) is 13.0 Å². The highest BCUT2D eigenvalue weighted by atomic mass is 16.1. The number of hydrogen-bond acceptors (Lipinski definition) is 1. The topological polar surface area (TPSA) is 29.1 Å². The Hall–Kier alpha value is -0.530. The first-order valence-corrected chi connectivity index (χ1v) is 13.9. The van der Waals surface area contributed by atoms with E-state index in [9.17, 15) is 4.79 Å². The van der Waals surface area contributed by atoms with Gasteiger partial charge in [-0.2, -0.15) is 0 Å². The smallest absolute Gasteiger partial charge is 0.217 e. The molecule has 178 valence electrons. The van der Waals surface area contributed by atoms with E-state index in [0.29, 0.717) is 16.9 Å². The molecular weight excluding hydrogens is 378 g/mol. The normalized spacial score (nSPS) is 45.5. The van der Waals surface area contributed by atoms with Gasteiger partial charge < -0.3 is 5.32 Å². The van der Waals surface area contributed by atoms with E-state index in [1.165, 1.54) is 77.0 Å². The van der Waals surface area contributed by atoms with Gasteiger partial charge >= 0.3 is 0 Å². The Morgan fingerprint density at radius 3 is 2.32 bits per heavy atom. The van der Waals surface area contributed by atoms with Crippen LogP contribution in [0.2, 0.25) is 0 Å². The van der Waals surface area contributed by atoms with Crippen LogP contribution >= 0.6 is 0 Å². The quantitative estimate of drug-likeness (QED) is 0.462. The molecule has 0 heterocycles. The Labute approximate surface area is 193 Å². The van der Waals surface area contributed by atoms with Crippen molar-refractivity contribution in [3.05, 3.63) is 0 Å². The summed E-state index contributed by atoms with van der Waals surface area (Å²) in [6, 6.07) is 0.434. The number of hydrogen-bond donors (Lipinski definition) is 1. The van der Waals surface area contributed by atoms with Crippen LogP contribution in [0.25, 0.3) is 0 Å². The van der Waals surface area contributed by atoms with Crippen LogP contribution in [-0.4, -0.2) is 11.9 Å². The predicted molar refractivity (Wildman–Crippen MR) is 131 cm³/mol. The van der Waals surface area contributed by atoms with Crippen LogP contribution in [0.1, 0.15) is 119 Å². The zero-order valence-electron chi connectivity index (χ0n) is 21.5. The van der Waals surface area contributed by atoms with Crippen LogP contribution < -0.4 is 5.32 Å². The molecule has 2 nitrogen and oxygen atoms in total. The number of amides is 1. The molecule has 4 aliphatic carbocycles. The third kappa shape index (κ3) is 4.35. The molecule has 4 saturated carbocycles. The molecule has 0 aromatic carbocycles. The largest absolute Gasteiger partial charge is 0.354 e. The summed E-state index contributed by atoms with van der Waals surface area (Å²) < 4.78 is 0. The molecule has 0 aromatic heterocycles. The molecule has 4 aliphatic rings. The summed E-state index contributed by atoms with van der Waals surface area (Å²) in [5.74, 6) is 6.62. The minimum absolute atomic E-state index is 0.162. The molecule has 1 amide bonds. The van der Waals surface area contributed by atoms with Gasteiger partial charge in [-0.25, -0.2) is 0 Å². The fourth-order valence-corrected chi connectivity index (χ4v) is 9.70. The lowest BCUT2D eigenvalue weighted by atomic mass is 9.44. The number of fused-ring (bicyclic) bond motifs is 5. The molecule has 0 aromatic rings. The average molecular weight is 430 g/mol. The summed E-state index contributed by atoms with van der Waals surface area (Å²) in [7, 11) is 0. The van der Waals surface area contributed by atoms with Gasteiger partial charge in [0.1, 0.15) is 0 Å². The summed E-state index contributed by atoms with van der Waals surface area (Å²) in [6.07, 6.45) is 16.9. The van der Waals surface area contributed by atoms with E-state index < -0.39 is 0 Å². The van der Waals surface area contributed by atoms with Crippen LogP contribution in [0.4, 0.5) is 0 Å². The van der Waals surface area contributed by atoms with Crippen molar-refractivity contribution in [2.24, 2.45) is 52.3 Å². The molecule has 9 atom stereocenters. The Kier molecular flexibility index (Phi) is 6.87. The molecular formula is C29H51NO. The number of rotatable bonds is 6. The van der Waals surface area contributed by atoms with Crippen LogP contribution in [0.3, 0.4) is 0 Å². The molecule has 0 unspecified atom stereocenters. The van der Waals surface area contributed by atoms with E-state index >= 15 is 0 Å². The van der Waals surface area contributed by atoms with Crippen molar-refractivity contribution < 1.29 is 4.79 Å². The second kappa shape index (κ2) is 9.02. The van der Waals surface area contributed by atoms with Crippen molar-refractivity contribution in [3.8, 4) is 0 Å². The van der Waals surface area contributed by atoms with Gasteiger partial charge in [-0.3, -0.25) is 4.79 Å². The molecule has 31 heavy (non-hydrogen) atoms. The lowest BCUT2D eigenvalue weighted by Gasteiger charge is -2.61. The molecule has 0 aliphatic heterocycles. The number of carbonyl (C=O) groups excluding carboxylic acids is 1. The molecule has 4 rings (SSSR count). The lowest BCUT2D eigenvalue weighted by Crippen LogP contribution is -2.55. The second-order valence-electron chi connectivity index (χ2n) is 13.4. The third-order valence-electron chi connectivity index (χ3n) is 11.3. The summed E-state index contributed by atoms with van der Waals surface area (Å²) >= 11 is 0. The van der Waals surface area contributed by atoms with Gasteiger partial charge in [-0.05, 0) is 110 Å². The van der Waals surface area contributed by atoms with Crippen molar-refractivity contribution >= 4 is 5.91 Å². The van der Waals surface area contributed by atoms with Crippen molar-refractivity contribution in [3.63, 3.8) is 0 Å². The molecule has 0 spiro atoms. The highest BCUT2D eigenvalue weighted by Gasteiger charge is 2.60. The van der Waals surface area contributed by atoms with Gasteiger partial charge in [0.2, 0.25) is 5.91 Å². The van der Waals surface area contributed by atoms with Crippen molar-refractivity contribution in [2.45, 2.75) is 125 Å². The summed E-state index contributed by atoms with van der Waals surface area (Å²) in [5.41, 5.74) is 1.13. The molecule has 0 saturated heterocycles. The first-order valence-electron chi connectivity index (χ1n) is 13.9. The minimum Gasteiger partial charge on any atom is -0.354 e. The molecule has 1 N–H and O–H groups in total. The van der Waals surface area contributed by atoms with Gasteiger partial charge in [0.05, 0.1) is 0 Å². The summed E-state index contributed by atoms with van der Waals surface area (Å²) in [4.78, 5) is 11.6. The molecule has 4 fully saturated rings. The van der Waals surface area contributed by atoms with Gasteiger partial charge in [-0.1, -0.05) is 53.9 Å². The highest BCUT2D eigenvalue weighted by molar-refractivity contribution is 5.73. The van der Waals surface area contributed by atoms with Crippen molar-refractivity contribution in [1.82, 2.24) is 5.32 Å². The first-order chi connectivity index (χ1) is 14.6. The maximum absolute atomic E-state index is 11.6. The van der Waals surface area contributed by atoms with Gasteiger partial charge in [0.25, 0.3) is 0 Å². The highest BCUT2D eigenvalue weighted by Crippen LogP contribution is 2.68. The van der Waals surface area contributed by atoms with Crippen molar-refractivity contribution in [1.29, 1.82) is 0 Å². The van der Waals surface area contributed by atoms with Gasteiger partial charge in [-0.15, -0.1) is 0 Å². The Morgan fingerprint density at radius 2 is 1.61 bits per heavy atom. The third-order valence-corrected chi connectivity index (χ3v) is 11.3. The second-order valence-corrected chi connectivity index (χ2v) is 13.4. The van der Waals surface area contributed by atoms with E-state index in [1.54, 1.807) is 6.92 Å². The molecule has 2 heteroatoms. The lowest BCUT2D eigenvalue weighted by molar-refractivity contribution is -0.126. The van der Waals surface area contributed by atoms with Crippen LogP contribution in [0, 0.1) is 52.3 Å². The van der Waals surface area contributed by atoms with Gasteiger partial charge in [0.15, 0.2) is 0 Å². The Bertz CT molecular complexity index is 643. The van der Waals surface area contributed by atoms with Crippen LogP contribution in [0.5, 0.6) is 0 Å². The van der Waals surface area contributed by atoms with Crippen LogP contribution in [-0.2, 0) is 4.79 Å². The zero-order valence-corrected chi connectivity index (χ0v) is 21.5. The summed E-state index contributed by atoms with van der Waals surface area (Å²) in [5, 5.41) is 3.25. The van der Waals surface area contributed by atoms with E-state index in [-0.39, 0.29) is 5.91 Å². The predicted octanol–water partition coefficient (Wildman–Crippen LogP) is 7.61. The number of carbonyl (C=O) groups is 1. The van der Waals surface area contributed by atoms with E-state index in [4.69, 9.17) is 0 Å². The summed E-state index contributed by atoms with van der Waals surface area (Å²) in [6.45, 7) is 14.4. The zero-order chi connectivity index (χ0) is 22.4. The Morgan fingerprint density at radius 1 is 0.903 bits per heavy atom. The van der Waals surface area contributed by atoms with E-state index in [2.05, 4.69) is 39.9 Å². The standard InChI is InChI=1S/C29H51NO/c1-19(2)8-7-9-20(3)25-12-13-26-24-11-10-22-18-23(30-21(4)31)14-16-28(22,5)27(24)15-17-29(25,26)6/h19-20,22-27H,7-18H2,1-6H3,(H,30,31)/t20-,22+,23-,24+,25-,26+,27+,28+,29-/m1/s1. The molecule has 0 radical (unpaired) electrons. The fourth-order valence-electron chi connectivity index (χ4n) is 9.70. The maximum atomic E-state index is 11.6.